The molecule has 0 radical (unpaired) electrons. The molecule has 17 heavy (non-hydrogen) atoms. The maximum Gasteiger partial charge on any atom is 0.218 e. The largest absolute Gasteiger partial charge is 0.370 e. The summed E-state index contributed by atoms with van der Waals surface area (Å²) < 4.78 is 0. The van der Waals surface area contributed by atoms with E-state index in [1.807, 2.05) is 0 Å². The lowest BCUT2D eigenvalue weighted by molar-refractivity contribution is -0.117. The average Bonchev–Trinajstić information content (AvgIpc) is 2.75. The number of primary amides is 1. The fraction of sp³-hybridized carbons (Fsp3) is 0.500. The molecule has 2 rings (SSSR count). The SMILES string of the molecule is CC(NCCC(N)=O)c1ccc2c(c1)CCC2. The zero-order valence-electron chi connectivity index (χ0n) is 10.3. The number of rotatable bonds is 5. The van der Waals surface area contributed by atoms with Crippen molar-refractivity contribution in [2.24, 2.45) is 5.73 Å². The quantitative estimate of drug-likeness (QED) is 0.812. The molecule has 0 saturated heterocycles. The Morgan fingerprint density at radius 3 is 2.94 bits per heavy atom. The van der Waals surface area contributed by atoms with E-state index in [0.29, 0.717) is 13.0 Å². The number of amides is 1. The van der Waals surface area contributed by atoms with E-state index in [1.165, 1.54) is 36.0 Å². The van der Waals surface area contributed by atoms with Crippen LogP contribution in [0.15, 0.2) is 18.2 Å². The van der Waals surface area contributed by atoms with Crippen molar-refractivity contribution in [3.63, 3.8) is 0 Å². The van der Waals surface area contributed by atoms with Gasteiger partial charge in [-0.3, -0.25) is 4.79 Å². The molecule has 0 saturated carbocycles. The molecule has 0 bridgehead atoms. The molecular formula is C14H20N2O. The van der Waals surface area contributed by atoms with Crippen molar-refractivity contribution < 1.29 is 4.79 Å². The molecule has 1 aromatic rings. The van der Waals surface area contributed by atoms with Gasteiger partial charge in [-0.05, 0) is 42.9 Å². The molecule has 0 spiro atoms. The van der Waals surface area contributed by atoms with Gasteiger partial charge in [0.05, 0.1) is 0 Å². The summed E-state index contributed by atoms with van der Waals surface area (Å²) in [6.45, 7) is 2.77. The second-order valence-electron chi connectivity index (χ2n) is 4.77. The van der Waals surface area contributed by atoms with E-state index in [-0.39, 0.29) is 11.9 Å². The number of fused-ring (bicyclic) bond motifs is 1. The highest BCUT2D eigenvalue weighted by Gasteiger charge is 2.13. The van der Waals surface area contributed by atoms with E-state index in [2.05, 4.69) is 30.4 Å². The molecule has 1 unspecified atom stereocenters. The summed E-state index contributed by atoms with van der Waals surface area (Å²) in [7, 11) is 0. The van der Waals surface area contributed by atoms with Crippen molar-refractivity contribution in [3.8, 4) is 0 Å². The van der Waals surface area contributed by atoms with Gasteiger partial charge in [-0.25, -0.2) is 0 Å². The number of benzene rings is 1. The molecule has 1 amide bonds. The summed E-state index contributed by atoms with van der Waals surface area (Å²) in [4.78, 5) is 10.7. The van der Waals surface area contributed by atoms with Gasteiger partial charge in [0.1, 0.15) is 0 Å². The van der Waals surface area contributed by atoms with E-state index in [9.17, 15) is 4.79 Å². The van der Waals surface area contributed by atoms with Crippen LogP contribution in [0.3, 0.4) is 0 Å². The Kier molecular flexibility index (Phi) is 3.79. The first-order valence-electron chi connectivity index (χ1n) is 6.30. The van der Waals surface area contributed by atoms with Crippen molar-refractivity contribution in [3.05, 3.63) is 34.9 Å². The van der Waals surface area contributed by atoms with E-state index < -0.39 is 0 Å². The summed E-state index contributed by atoms with van der Waals surface area (Å²) in [6, 6.07) is 7.00. The predicted molar refractivity (Wildman–Crippen MR) is 68.7 cm³/mol. The molecule has 3 nitrogen and oxygen atoms in total. The third-order valence-electron chi connectivity index (χ3n) is 3.44. The monoisotopic (exact) mass is 232 g/mol. The van der Waals surface area contributed by atoms with Crippen LogP contribution < -0.4 is 11.1 Å². The normalized spacial score (nSPS) is 15.6. The zero-order chi connectivity index (χ0) is 12.3. The Labute approximate surface area is 102 Å². The summed E-state index contributed by atoms with van der Waals surface area (Å²) in [5.41, 5.74) is 9.40. The topological polar surface area (TPSA) is 55.1 Å². The maximum absolute atomic E-state index is 10.7. The third-order valence-corrected chi connectivity index (χ3v) is 3.44. The van der Waals surface area contributed by atoms with Crippen LogP contribution in [0.4, 0.5) is 0 Å². The number of hydrogen-bond donors (Lipinski definition) is 2. The molecule has 92 valence electrons. The van der Waals surface area contributed by atoms with Gasteiger partial charge in [0.15, 0.2) is 0 Å². The van der Waals surface area contributed by atoms with Gasteiger partial charge in [0.2, 0.25) is 5.91 Å². The molecule has 0 heterocycles. The Hall–Kier alpha value is -1.35. The minimum absolute atomic E-state index is 0.251. The van der Waals surface area contributed by atoms with Crippen molar-refractivity contribution in [1.29, 1.82) is 0 Å². The first-order chi connectivity index (χ1) is 8.16. The van der Waals surface area contributed by atoms with E-state index in [1.54, 1.807) is 0 Å². The fourth-order valence-electron chi connectivity index (χ4n) is 2.39. The van der Waals surface area contributed by atoms with Crippen molar-refractivity contribution in [2.75, 3.05) is 6.54 Å². The number of nitrogens with one attached hydrogen (secondary N) is 1. The lowest BCUT2D eigenvalue weighted by Gasteiger charge is -2.15. The third kappa shape index (κ3) is 3.07. The van der Waals surface area contributed by atoms with Crippen molar-refractivity contribution in [2.45, 2.75) is 38.6 Å². The van der Waals surface area contributed by atoms with Crippen molar-refractivity contribution >= 4 is 5.91 Å². The van der Waals surface area contributed by atoms with Crippen molar-refractivity contribution in [1.82, 2.24) is 5.32 Å². The Balaban J connectivity index is 1.95. The first-order valence-corrected chi connectivity index (χ1v) is 6.30. The fourth-order valence-corrected chi connectivity index (χ4v) is 2.39. The van der Waals surface area contributed by atoms with Crippen LogP contribution >= 0.6 is 0 Å². The molecule has 0 aromatic heterocycles. The molecule has 1 aliphatic rings. The molecule has 0 aliphatic heterocycles. The molecule has 3 heteroatoms. The van der Waals surface area contributed by atoms with Crippen LogP contribution in [-0.2, 0) is 17.6 Å². The summed E-state index contributed by atoms with van der Waals surface area (Å²) >= 11 is 0. The zero-order valence-corrected chi connectivity index (χ0v) is 10.3. The summed E-state index contributed by atoms with van der Waals surface area (Å²) in [5.74, 6) is -0.251. The molecule has 1 aromatic carbocycles. The number of hydrogen-bond acceptors (Lipinski definition) is 2. The van der Waals surface area contributed by atoms with Gasteiger partial charge in [0.25, 0.3) is 0 Å². The highest BCUT2D eigenvalue weighted by molar-refractivity contribution is 5.73. The number of nitrogens with two attached hydrogens (primary N) is 1. The maximum atomic E-state index is 10.7. The number of aryl methyl sites for hydroxylation is 2. The van der Waals surface area contributed by atoms with Gasteiger partial charge in [0, 0.05) is 19.0 Å². The molecule has 1 aliphatic carbocycles. The molecule has 1 atom stereocenters. The standard InChI is InChI=1S/C14H20N2O/c1-10(16-8-7-14(15)17)12-6-5-11-3-2-4-13(11)9-12/h5-6,9-10,16H,2-4,7-8H2,1H3,(H2,15,17). The number of carbonyl (C=O) groups excluding carboxylic acids is 1. The van der Waals surface area contributed by atoms with E-state index in [4.69, 9.17) is 5.73 Å². The van der Waals surface area contributed by atoms with Gasteiger partial charge >= 0.3 is 0 Å². The van der Waals surface area contributed by atoms with Crippen LogP contribution in [0, 0.1) is 0 Å². The second-order valence-corrected chi connectivity index (χ2v) is 4.77. The minimum Gasteiger partial charge on any atom is -0.370 e. The van der Waals surface area contributed by atoms with Gasteiger partial charge < -0.3 is 11.1 Å². The highest BCUT2D eigenvalue weighted by Crippen LogP contribution is 2.25. The van der Waals surface area contributed by atoms with Crippen LogP contribution in [0.25, 0.3) is 0 Å². The second kappa shape index (κ2) is 5.32. The van der Waals surface area contributed by atoms with Crippen LogP contribution in [0.1, 0.15) is 42.5 Å². The van der Waals surface area contributed by atoms with E-state index in [0.717, 1.165) is 0 Å². The smallest absolute Gasteiger partial charge is 0.218 e. The van der Waals surface area contributed by atoms with Gasteiger partial charge in [-0.1, -0.05) is 18.2 Å². The minimum atomic E-state index is -0.251. The van der Waals surface area contributed by atoms with Crippen LogP contribution in [0.5, 0.6) is 0 Å². The lowest BCUT2D eigenvalue weighted by atomic mass is 10.0. The lowest BCUT2D eigenvalue weighted by Crippen LogP contribution is -2.24. The van der Waals surface area contributed by atoms with Gasteiger partial charge in [-0.2, -0.15) is 0 Å². The summed E-state index contributed by atoms with van der Waals surface area (Å²) in [5, 5.41) is 3.32. The molecule has 0 fully saturated rings. The predicted octanol–water partition coefficient (Wildman–Crippen LogP) is 1.70. The number of carbonyl (C=O) groups is 1. The summed E-state index contributed by atoms with van der Waals surface area (Å²) in [6.07, 6.45) is 4.10. The van der Waals surface area contributed by atoms with E-state index >= 15 is 0 Å². The Bertz CT molecular complexity index is 415. The molecule has 3 N–H and O–H groups in total. The Morgan fingerprint density at radius 2 is 2.18 bits per heavy atom. The van der Waals surface area contributed by atoms with Crippen LogP contribution in [0.2, 0.25) is 0 Å². The first kappa shape index (κ1) is 12.1. The molecular weight excluding hydrogens is 212 g/mol. The Morgan fingerprint density at radius 1 is 1.41 bits per heavy atom. The van der Waals surface area contributed by atoms with Crippen LogP contribution in [-0.4, -0.2) is 12.5 Å². The average molecular weight is 232 g/mol. The highest BCUT2D eigenvalue weighted by atomic mass is 16.1. The van der Waals surface area contributed by atoms with Gasteiger partial charge in [-0.15, -0.1) is 0 Å².